The van der Waals surface area contributed by atoms with Gasteiger partial charge in [-0.15, -0.1) is 6.58 Å². The van der Waals surface area contributed by atoms with Gasteiger partial charge in [0, 0.05) is 23.6 Å². The quantitative estimate of drug-likeness (QED) is 0.402. The second kappa shape index (κ2) is 5.19. The maximum atomic E-state index is 10.8. The van der Waals surface area contributed by atoms with Gasteiger partial charge in [0.1, 0.15) is 5.82 Å². The number of anilines is 1. The lowest BCUT2D eigenvalue weighted by molar-refractivity contribution is -0.384. The molecule has 1 N–H and O–H groups in total. The molecule has 1 heterocycles. The van der Waals surface area contributed by atoms with E-state index in [0.717, 1.165) is 0 Å². The summed E-state index contributed by atoms with van der Waals surface area (Å²) in [5.41, 5.74) is 0.525. The maximum Gasteiger partial charge on any atom is 0.270 e. The highest BCUT2D eigenvalue weighted by Crippen LogP contribution is 2.26. The fourth-order valence-electron chi connectivity index (χ4n) is 1.59. The summed E-state index contributed by atoms with van der Waals surface area (Å²) in [6.45, 7) is 5.54. The third-order valence-electron chi connectivity index (χ3n) is 2.58. The van der Waals surface area contributed by atoms with Crippen LogP contribution in [0.2, 0.25) is 5.28 Å². The van der Waals surface area contributed by atoms with E-state index < -0.39 is 4.92 Å². The van der Waals surface area contributed by atoms with Gasteiger partial charge in [0.25, 0.3) is 5.69 Å². The number of fused-ring (bicyclic) bond motifs is 1. The van der Waals surface area contributed by atoms with Crippen LogP contribution in [0.25, 0.3) is 10.9 Å². The van der Waals surface area contributed by atoms with Crippen molar-refractivity contribution in [3.05, 3.63) is 46.3 Å². The molecule has 1 aromatic carbocycles. The number of nitrogens with zero attached hydrogens (tertiary/aromatic N) is 3. The molecule has 0 aliphatic carbocycles. The molecule has 0 saturated heterocycles. The first kappa shape index (κ1) is 13.2. The molecule has 1 aromatic heterocycles. The second-order valence-electron chi connectivity index (χ2n) is 3.97. The van der Waals surface area contributed by atoms with Gasteiger partial charge in [-0.25, -0.2) is 9.97 Å². The first-order valence-corrected chi connectivity index (χ1v) is 5.90. The van der Waals surface area contributed by atoms with E-state index in [0.29, 0.717) is 16.7 Å². The van der Waals surface area contributed by atoms with Crippen molar-refractivity contribution < 1.29 is 4.92 Å². The van der Waals surface area contributed by atoms with Gasteiger partial charge in [-0.3, -0.25) is 10.1 Å². The van der Waals surface area contributed by atoms with E-state index in [-0.39, 0.29) is 17.0 Å². The molecule has 0 aliphatic rings. The Morgan fingerprint density at radius 3 is 2.89 bits per heavy atom. The number of rotatable bonds is 4. The van der Waals surface area contributed by atoms with Crippen LogP contribution in [-0.2, 0) is 0 Å². The van der Waals surface area contributed by atoms with Gasteiger partial charge in [0.05, 0.1) is 10.4 Å². The molecular formula is C12H11ClN4O2. The van der Waals surface area contributed by atoms with Crippen LogP contribution < -0.4 is 5.32 Å². The molecule has 0 fully saturated rings. The van der Waals surface area contributed by atoms with E-state index >= 15 is 0 Å². The Labute approximate surface area is 114 Å². The summed E-state index contributed by atoms with van der Waals surface area (Å²) in [6, 6.07) is 4.30. The molecule has 7 heteroatoms. The molecule has 0 saturated carbocycles. The molecule has 0 spiro atoms. The number of hydrogen-bond donors (Lipinski definition) is 1. The predicted octanol–water partition coefficient (Wildman–Crippen LogP) is 3.18. The standard InChI is InChI=1S/C12H11ClN4O2/c1-3-7(2)14-11-9-6-8(17(18)19)4-5-10(9)15-12(13)16-11/h3-7H,1H2,2H3,(H,14,15,16). The Morgan fingerprint density at radius 2 is 2.26 bits per heavy atom. The average Bonchev–Trinajstić information content (AvgIpc) is 2.37. The van der Waals surface area contributed by atoms with Crippen molar-refractivity contribution in [3.63, 3.8) is 0 Å². The van der Waals surface area contributed by atoms with E-state index in [1.807, 2.05) is 6.92 Å². The van der Waals surface area contributed by atoms with Crippen molar-refractivity contribution in [2.45, 2.75) is 13.0 Å². The summed E-state index contributed by atoms with van der Waals surface area (Å²) in [6.07, 6.45) is 1.69. The fourth-order valence-corrected chi connectivity index (χ4v) is 1.76. The van der Waals surface area contributed by atoms with Crippen LogP contribution in [-0.4, -0.2) is 20.9 Å². The third-order valence-corrected chi connectivity index (χ3v) is 2.75. The van der Waals surface area contributed by atoms with Crippen LogP contribution in [0.3, 0.4) is 0 Å². The predicted molar refractivity (Wildman–Crippen MR) is 74.5 cm³/mol. The van der Waals surface area contributed by atoms with E-state index in [1.165, 1.54) is 12.1 Å². The zero-order valence-corrected chi connectivity index (χ0v) is 10.9. The number of hydrogen-bond acceptors (Lipinski definition) is 5. The highest BCUT2D eigenvalue weighted by molar-refractivity contribution is 6.28. The largest absolute Gasteiger partial charge is 0.364 e. The van der Waals surface area contributed by atoms with Crippen LogP contribution in [0.1, 0.15) is 6.92 Å². The van der Waals surface area contributed by atoms with Crippen molar-refractivity contribution in [3.8, 4) is 0 Å². The summed E-state index contributed by atoms with van der Waals surface area (Å²) in [7, 11) is 0. The number of nitro benzene ring substituents is 1. The Bertz CT molecular complexity index is 659. The molecule has 2 rings (SSSR count). The zero-order chi connectivity index (χ0) is 14.0. The number of nitrogens with one attached hydrogen (secondary N) is 1. The van der Waals surface area contributed by atoms with Gasteiger partial charge in [-0.1, -0.05) is 6.08 Å². The Morgan fingerprint density at radius 1 is 1.53 bits per heavy atom. The van der Waals surface area contributed by atoms with E-state index in [4.69, 9.17) is 11.6 Å². The van der Waals surface area contributed by atoms with E-state index in [9.17, 15) is 10.1 Å². The van der Waals surface area contributed by atoms with Gasteiger partial charge < -0.3 is 5.32 Å². The molecular weight excluding hydrogens is 268 g/mol. The highest BCUT2D eigenvalue weighted by atomic mass is 35.5. The lowest BCUT2D eigenvalue weighted by atomic mass is 10.2. The van der Waals surface area contributed by atoms with Crippen LogP contribution in [0.4, 0.5) is 11.5 Å². The van der Waals surface area contributed by atoms with Crippen molar-refractivity contribution in [2.75, 3.05) is 5.32 Å². The molecule has 1 unspecified atom stereocenters. The highest BCUT2D eigenvalue weighted by Gasteiger charge is 2.13. The molecule has 0 radical (unpaired) electrons. The van der Waals surface area contributed by atoms with Crippen LogP contribution in [0, 0.1) is 10.1 Å². The second-order valence-corrected chi connectivity index (χ2v) is 4.31. The van der Waals surface area contributed by atoms with Crippen molar-refractivity contribution in [2.24, 2.45) is 0 Å². The SMILES string of the molecule is C=CC(C)Nc1nc(Cl)nc2ccc([N+](=O)[O-])cc12. The molecule has 0 bridgehead atoms. The first-order valence-electron chi connectivity index (χ1n) is 5.52. The van der Waals surface area contributed by atoms with E-state index in [2.05, 4.69) is 21.9 Å². The summed E-state index contributed by atoms with van der Waals surface area (Å²) in [5.74, 6) is 0.450. The Kier molecular flexibility index (Phi) is 3.62. The van der Waals surface area contributed by atoms with Crippen molar-refractivity contribution in [1.29, 1.82) is 0 Å². The van der Waals surface area contributed by atoms with Crippen LogP contribution in [0.5, 0.6) is 0 Å². The number of halogens is 1. The molecule has 2 aromatic rings. The molecule has 1 atom stereocenters. The molecule has 0 aliphatic heterocycles. The molecule has 19 heavy (non-hydrogen) atoms. The van der Waals surface area contributed by atoms with Gasteiger partial charge >= 0.3 is 0 Å². The minimum Gasteiger partial charge on any atom is -0.364 e. The third kappa shape index (κ3) is 2.79. The van der Waals surface area contributed by atoms with Crippen LogP contribution in [0.15, 0.2) is 30.9 Å². The monoisotopic (exact) mass is 278 g/mol. The maximum absolute atomic E-state index is 10.8. The molecule has 98 valence electrons. The summed E-state index contributed by atoms with van der Waals surface area (Å²) < 4.78 is 0. The smallest absolute Gasteiger partial charge is 0.270 e. The number of nitro groups is 1. The van der Waals surface area contributed by atoms with Gasteiger partial charge in [-0.2, -0.15) is 0 Å². The van der Waals surface area contributed by atoms with E-state index in [1.54, 1.807) is 12.1 Å². The zero-order valence-electron chi connectivity index (χ0n) is 10.1. The lowest BCUT2D eigenvalue weighted by Crippen LogP contribution is -2.13. The number of benzene rings is 1. The first-order chi connectivity index (χ1) is 9.01. The van der Waals surface area contributed by atoms with Gasteiger partial charge in [0.2, 0.25) is 5.28 Å². The molecule has 6 nitrogen and oxygen atoms in total. The van der Waals surface area contributed by atoms with Crippen molar-refractivity contribution in [1.82, 2.24) is 9.97 Å². The summed E-state index contributed by atoms with van der Waals surface area (Å²) >= 11 is 5.83. The van der Waals surface area contributed by atoms with Crippen molar-refractivity contribution >= 4 is 34.0 Å². The fraction of sp³-hybridized carbons (Fsp3) is 0.167. The normalized spacial score (nSPS) is 12.1. The number of non-ortho nitro benzene ring substituents is 1. The Balaban J connectivity index is 2.62. The topological polar surface area (TPSA) is 81.0 Å². The lowest BCUT2D eigenvalue weighted by Gasteiger charge is -2.12. The minimum absolute atomic E-state index is 0.0206. The van der Waals surface area contributed by atoms with Crippen LogP contribution >= 0.6 is 11.6 Å². The average molecular weight is 279 g/mol. The minimum atomic E-state index is -0.464. The number of aromatic nitrogens is 2. The summed E-state index contributed by atoms with van der Waals surface area (Å²) in [5, 5.41) is 14.5. The molecule has 0 amide bonds. The van der Waals surface area contributed by atoms with Gasteiger partial charge in [0.15, 0.2) is 0 Å². The summed E-state index contributed by atoms with van der Waals surface area (Å²) in [4.78, 5) is 18.4. The Hall–Kier alpha value is -2.21. The van der Waals surface area contributed by atoms with Gasteiger partial charge in [-0.05, 0) is 24.6 Å².